The maximum atomic E-state index is 11.9. The molecule has 2 rings (SSSR count). The molecule has 20 heavy (non-hydrogen) atoms. The molecule has 2 aromatic carbocycles. The SMILES string of the molecule is COc1ccc(C(=O)COCc2ccccc2Br)cc1. The summed E-state index contributed by atoms with van der Waals surface area (Å²) in [4.78, 5) is 11.9. The standard InChI is InChI=1S/C16H15BrO3/c1-19-14-8-6-12(7-9-14)16(18)11-20-10-13-4-2-3-5-15(13)17/h2-9H,10-11H2,1H3. The Morgan fingerprint density at radius 2 is 1.80 bits per heavy atom. The molecular weight excluding hydrogens is 320 g/mol. The van der Waals surface area contributed by atoms with Crippen molar-refractivity contribution in [2.24, 2.45) is 0 Å². The number of hydrogen-bond acceptors (Lipinski definition) is 3. The quantitative estimate of drug-likeness (QED) is 0.752. The molecule has 0 radical (unpaired) electrons. The van der Waals surface area contributed by atoms with E-state index in [0.29, 0.717) is 12.2 Å². The van der Waals surface area contributed by atoms with Gasteiger partial charge < -0.3 is 9.47 Å². The molecule has 0 aliphatic rings. The lowest BCUT2D eigenvalue weighted by molar-refractivity contribution is 0.0725. The summed E-state index contributed by atoms with van der Waals surface area (Å²) in [5, 5.41) is 0. The molecule has 0 bridgehead atoms. The van der Waals surface area contributed by atoms with Gasteiger partial charge >= 0.3 is 0 Å². The first-order valence-electron chi connectivity index (χ1n) is 6.19. The molecule has 0 saturated carbocycles. The lowest BCUT2D eigenvalue weighted by atomic mass is 10.1. The van der Waals surface area contributed by atoms with Gasteiger partial charge in [0.2, 0.25) is 0 Å². The minimum Gasteiger partial charge on any atom is -0.497 e. The highest BCUT2D eigenvalue weighted by molar-refractivity contribution is 9.10. The van der Waals surface area contributed by atoms with E-state index in [4.69, 9.17) is 9.47 Å². The molecule has 104 valence electrons. The van der Waals surface area contributed by atoms with Crippen LogP contribution in [0.1, 0.15) is 15.9 Å². The summed E-state index contributed by atoms with van der Waals surface area (Å²) in [7, 11) is 1.59. The van der Waals surface area contributed by atoms with Crippen LogP contribution in [0.4, 0.5) is 0 Å². The van der Waals surface area contributed by atoms with Gasteiger partial charge in [-0.15, -0.1) is 0 Å². The molecular formula is C16H15BrO3. The first-order valence-corrected chi connectivity index (χ1v) is 6.98. The van der Waals surface area contributed by atoms with Gasteiger partial charge in [-0.05, 0) is 35.9 Å². The van der Waals surface area contributed by atoms with Crippen molar-refractivity contribution >= 4 is 21.7 Å². The van der Waals surface area contributed by atoms with Crippen LogP contribution in [0.15, 0.2) is 53.0 Å². The van der Waals surface area contributed by atoms with E-state index < -0.39 is 0 Å². The second kappa shape index (κ2) is 7.22. The first-order chi connectivity index (χ1) is 9.70. The summed E-state index contributed by atoms with van der Waals surface area (Å²) in [6, 6.07) is 14.8. The minimum absolute atomic E-state index is 0.0419. The summed E-state index contributed by atoms with van der Waals surface area (Å²) in [6.45, 7) is 0.469. The highest BCUT2D eigenvalue weighted by Crippen LogP contribution is 2.17. The average molecular weight is 335 g/mol. The second-order valence-electron chi connectivity index (χ2n) is 4.24. The largest absolute Gasteiger partial charge is 0.497 e. The number of ether oxygens (including phenoxy) is 2. The normalized spacial score (nSPS) is 10.3. The average Bonchev–Trinajstić information content (AvgIpc) is 2.49. The van der Waals surface area contributed by atoms with Crippen molar-refractivity contribution in [2.75, 3.05) is 13.7 Å². The van der Waals surface area contributed by atoms with Crippen molar-refractivity contribution in [1.29, 1.82) is 0 Å². The Morgan fingerprint density at radius 1 is 1.10 bits per heavy atom. The van der Waals surface area contributed by atoms with E-state index in [0.717, 1.165) is 15.8 Å². The number of halogens is 1. The van der Waals surface area contributed by atoms with Crippen molar-refractivity contribution in [3.63, 3.8) is 0 Å². The lowest BCUT2D eigenvalue weighted by Gasteiger charge is -2.06. The molecule has 0 aromatic heterocycles. The lowest BCUT2D eigenvalue weighted by Crippen LogP contribution is -2.09. The third-order valence-corrected chi connectivity index (χ3v) is 3.63. The van der Waals surface area contributed by atoms with Crippen LogP contribution in [0, 0.1) is 0 Å². The van der Waals surface area contributed by atoms with E-state index >= 15 is 0 Å². The van der Waals surface area contributed by atoms with Gasteiger partial charge in [-0.3, -0.25) is 4.79 Å². The molecule has 0 fully saturated rings. The molecule has 0 heterocycles. The number of benzene rings is 2. The van der Waals surface area contributed by atoms with E-state index in [1.165, 1.54) is 0 Å². The van der Waals surface area contributed by atoms with Crippen molar-refractivity contribution in [3.8, 4) is 5.75 Å². The predicted octanol–water partition coefficient (Wildman–Crippen LogP) is 3.86. The number of Topliss-reactive ketones (excluding diaryl/α,β-unsaturated/α-hetero) is 1. The summed E-state index contributed by atoms with van der Waals surface area (Å²) >= 11 is 3.45. The molecule has 0 unspecified atom stereocenters. The Hall–Kier alpha value is -1.65. The number of carbonyl (C=O) groups excluding carboxylic acids is 1. The molecule has 0 aliphatic heterocycles. The highest BCUT2D eigenvalue weighted by Gasteiger charge is 2.07. The molecule has 4 heteroatoms. The fourth-order valence-corrected chi connectivity index (χ4v) is 2.13. The Labute approximate surface area is 126 Å². The predicted molar refractivity (Wildman–Crippen MR) is 81.1 cm³/mol. The van der Waals surface area contributed by atoms with E-state index in [-0.39, 0.29) is 12.4 Å². The van der Waals surface area contributed by atoms with Gasteiger partial charge in [0, 0.05) is 10.0 Å². The van der Waals surface area contributed by atoms with Crippen molar-refractivity contribution in [2.45, 2.75) is 6.61 Å². The van der Waals surface area contributed by atoms with Gasteiger partial charge in [0.1, 0.15) is 12.4 Å². The van der Waals surface area contributed by atoms with Gasteiger partial charge in [-0.2, -0.15) is 0 Å². The van der Waals surface area contributed by atoms with Crippen LogP contribution >= 0.6 is 15.9 Å². The highest BCUT2D eigenvalue weighted by atomic mass is 79.9. The van der Waals surface area contributed by atoms with Crippen LogP contribution < -0.4 is 4.74 Å². The topological polar surface area (TPSA) is 35.5 Å². The smallest absolute Gasteiger partial charge is 0.188 e. The molecule has 2 aromatic rings. The van der Waals surface area contributed by atoms with Crippen LogP contribution in [-0.2, 0) is 11.3 Å². The van der Waals surface area contributed by atoms with Gasteiger partial charge in [-0.25, -0.2) is 0 Å². The third kappa shape index (κ3) is 3.92. The summed E-state index contributed by atoms with van der Waals surface area (Å²) < 4.78 is 11.5. The number of hydrogen-bond donors (Lipinski definition) is 0. The Bertz CT molecular complexity index is 579. The molecule has 0 saturated heterocycles. The van der Waals surface area contributed by atoms with E-state index in [1.807, 2.05) is 24.3 Å². The molecule has 0 atom stereocenters. The van der Waals surface area contributed by atoms with Gasteiger partial charge in [0.15, 0.2) is 5.78 Å². The minimum atomic E-state index is -0.0419. The molecule has 0 aliphatic carbocycles. The van der Waals surface area contributed by atoms with Gasteiger partial charge in [0.25, 0.3) is 0 Å². The van der Waals surface area contributed by atoms with Crippen LogP contribution in [-0.4, -0.2) is 19.5 Å². The Morgan fingerprint density at radius 3 is 2.45 bits per heavy atom. The Balaban J connectivity index is 1.87. The second-order valence-corrected chi connectivity index (χ2v) is 5.09. The number of carbonyl (C=O) groups is 1. The van der Waals surface area contributed by atoms with E-state index in [9.17, 15) is 4.79 Å². The summed E-state index contributed by atoms with van der Waals surface area (Å²) in [5.74, 6) is 0.690. The zero-order valence-electron chi connectivity index (χ0n) is 11.1. The number of rotatable bonds is 6. The van der Waals surface area contributed by atoms with Crippen molar-refractivity contribution < 1.29 is 14.3 Å². The maximum absolute atomic E-state index is 11.9. The fourth-order valence-electron chi connectivity index (χ4n) is 1.73. The van der Waals surface area contributed by atoms with Crippen LogP contribution in [0.5, 0.6) is 5.75 Å². The molecule has 0 spiro atoms. The third-order valence-electron chi connectivity index (χ3n) is 2.86. The van der Waals surface area contributed by atoms with E-state index in [1.54, 1.807) is 31.4 Å². The summed E-state index contributed by atoms with van der Waals surface area (Å²) in [6.07, 6.45) is 0. The van der Waals surface area contributed by atoms with Gasteiger partial charge in [-0.1, -0.05) is 34.1 Å². The van der Waals surface area contributed by atoms with Crippen LogP contribution in [0.3, 0.4) is 0 Å². The summed E-state index contributed by atoms with van der Waals surface area (Å²) in [5.41, 5.74) is 1.65. The van der Waals surface area contributed by atoms with Crippen molar-refractivity contribution in [1.82, 2.24) is 0 Å². The molecule has 3 nitrogen and oxygen atoms in total. The monoisotopic (exact) mass is 334 g/mol. The van der Waals surface area contributed by atoms with Crippen LogP contribution in [0.25, 0.3) is 0 Å². The number of methoxy groups -OCH3 is 1. The first kappa shape index (κ1) is 14.8. The maximum Gasteiger partial charge on any atom is 0.188 e. The van der Waals surface area contributed by atoms with Crippen LogP contribution in [0.2, 0.25) is 0 Å². The zero-order valence-corrected chi connectivity index (χ0v) is 12.7. The van der Waals surface area contributed by atoms with Crippen molar-refractivity contribution in [3.05, 3.63) is 64.1 Å². The molecule has 0 amide bonds. The van der Waals surface area contributed by atoms with E-state index in [2.05, 4.69) is 15.9 Å². The number of ketones is 1. The zero-order chi connectivity index (χ0) is 14.4. The van der Waals surface area contributed by atoms with Gasteiger partial charge in [0.05, 0.1) is 13.7 Å². The Kier molecular flexibility index (Phi) is 5.32. The fraction of sp³-hybridized carbons (Fsp3) is 0.188. The molecule has 0 N–H and O–H groups in total.